The van der Waals surface area contributed by atoms with Crippen LogP contribution in [0.4, 0.5) is 18.9 Å². The Hall–Kier alpha value is -3.14. The maximum Gasteiger partial charge on any atom is 0.418 e. The topological polar surface area (TPSA) is 83.1 Å². The van der Waals surface area contributed by atoms with Crippen molar-refractivity contribution in [2.75, 3.05) is 33.3 Å². The maximum atomic E-state index is 13.1. The zero-order valence-electron chi connectivity index (χ0n) is 17.5. The average molecular weight is 476 g/mol. The summed E-state index contributed by atoms with van der Waals surface area (Å²) in [5, 5.41) is 1.94. The molecule has 0 aliphatic heterocycles. The molecule has 0 aliphatic rings. The summed E-state index contributed by atoms with van der Waals surface area (Å²) in [6, 6.07) is 6.26. The molecule has 0 radical (unpaired) electrons. The van der Waals surface area contributed by atoms with Gasteiger partial charge in [0.1, 0.15) is 0 Å². The summed E-state index contributed by atoms with van der Waals surface area (Å²) in [5.41, 5.74) is -0.899. The second-order valence-electron chi connectivity index (χ2n) is 6.43. The SMILES string of the molecule is COc1cc(CCC(=O)OCC(=O)Nc2ccc(Cl)cc2C(F)(F)F)cc(OC)c1OC. The molecule has 0 atom stereocenters. The molecule has 0 unspecified atom stereocenters. The predicted octanol–water partition coefficient (Wildman–Crippen LogP) is 4.50. The molecule has 1 amide bonds. The highest BCUT2D eigenvalue weighted by Gasteiger charge is 2.34. The normalized spacial score (nSPS) is 11.0. The van der Waals surface area contributed by atoms with Crippen LogP contribution in [0.1, 0.15) is 17.5 Å². The van der Waals surface area contributed by atoms with E-state index in [0.717, 1.165) is 6.07 Å². The van der Waals surface area contributed by atoms with E-state index in [-0.39, 0.29) is 17.9 Å². The monoisotopic (exact) mass is 475 g/mol. The number of amides is 1. The average Bonchev–Trinajstić information content (AvgIpc) is 2.75. The minimum atomic E-state index is -4.72. The van der Waals surface area contributed by atoms with Crippen molar-refractivity contribution in [1.82, 2.24) is 0 Å². The number of aryl methyl sites for hydroxylation is 1. The first-order valence-electron chi connectivity index (χ1n) is 9.20. The van der Waals surface area contributed by atoms with Crippen LogP contribution in [0, 0.1) is 0 Å². The van der Waals surface area contributed by atoms with Crippen LogP contribution >= 0.6 is 11.6 Å². The first-order valence-corrected chi connectivity index (χ1v) is 9.58. The molecule has 0 aromatic heterocycles. The number of carbonyl (C=O) groups is 2. The Balaban J connectivity index is 1.94. The van der Waals surface area contributed by atoms with E-state index in [4.69, 9.17) is 30.5 Å². The fourth-order valence-corrected chi connectivity index (χ4v) is 2.96. The van der Waals surface area contributed by atoms with Gasteiger partial charge in [-0.15, -0.1) is 0 Å². The highest BCUT2D eigenvalue weighted by Crippen LogP contribution is 2.38. The molecular formula is C21H21ClF3NO6. The van der Waals surface area contributed by atoms with Gasteiger partial charge in [-0.25, -0.2) is 0 Å². The van der Waals surface area contributed by atoms with Crippen molar-refractivity contribution in [3.63, 3.8) is 0 Å². The van der Waals surface area contributed by atoms with Crippen LogP contribution in [0.3, 0.4) is 0 Å². The summed E-state index contributed by atoms with van der Waals surface area (Å²) >= 11 is 5.60. The number of halogens is 4. The van der Waals surface area contributed by atoms with Crippen molar-refractivity contribution in [2.24, 2.45) is 0 Å². The summed E-state index contributed by atoms with van der Waals surface area (Å²) in [6.07, 6.45) is -4.56. The van der Waals surface area contributed by atoms with Crippen LogP contribution in [0.25, 0.3) is 0 Å². The Bertz CT molecular complexity index is 955. The quantitative estimate of drug-likeness (QED) is 0.538. The number of rotatable bonds is 9. The molecule has 0 fully saturated rings. The standard InChI is InChI=1S/C21H21ClF3NO6/c1-29-16-8-12(9-17(30-2)20(16)31-3)4-7-19(28)32-11-18(27)26-15-6-5-13(22)10-14(15)21(23,24)25/h5-6,8-10H,4,7,11H2,1-3H3,(H,26,27). The van der Waals surface area contributed by atoms with Gasteiger partial charge >= 0.3 is 12.1 Å². The van der Waals surface area contributed by atoms with Crippen LogP contribution in [-0.4, -0.2) is 39.8 Å². The largest absolute Gasteiger partial charge is 0.493 e. The molecule has 0 saturated carbocycles. The molecule has 2 rings (SSSR count). The Morgan fingerprint density at radius 3 is 2.16 bits per heavy atom. The maximum absolute atomic E-state index is 13.1. The molecule has 2 aromatic carbocycles. The molecule has 32 heavy (non-hydrogen) atoms. The zero-order chi connectivity index (χ0) is 23.9. The van der Waals surface area contributed by atoms with Gasteiger partial charge in [0.15, 0.2) is 18.1 Å². The van der Waals surface area contributed by atoms with Crippen molar-refractivity contribution in [3.05, 3.63) is 46.5 Å². The van der Waals surface area contributed by atoms with Crippen molar-refractivity contribution in [2.45, 2.75) is 19.0 Å². The van der Waals surface area contributed by atoms with E-state index in [2.05, 4.69) is 5.32 Å². The molecule has 174 valence electrons. The number of hydrogen-bond acceptors (Lipinski definition) is 6. The van der Waals surface area contributed by atoms with Crippen molar-refractivity contribution >= 4 is 29.2 Å². The van der Waals surface area contributed by atoms with Crippen LogP contribution in [-0.2, 0) is 26.9 Å². The molecule has 0 saturated heterocycles. The number of nitrogens with one attached hydrogen (secondary N) is 1. The summed E-state index contributed by atoms with van der Waals surface area (Å²) < 4.78 is 59.8. The lowest BCUT2D eigenvalue weighted by Gasteiger charge is -2.14. The number of hydrogen-bond donors (Lipinski definition) is 1. The number of benzene rings is 2. The predicted molar refractivity (Wildman–Crippen MR) is 110 cm³/mol. The molecule has 7 nitrogen and oxygen atoms in total. The van der Waals surface area contributed by atoms with Gasteiger partial charge in [-0.1, -0.05) is 11.6 Å². The van der Waals surface area contributed by atoms with Gasteiger partial charge in [0, 0.05) is 11.4 Å². The minimum absolute atomic E-state index is 0.0827. The number of esters is 1. The molecule has 1 N–H and O–H groups in total. The third-order valence-corrected chi connectivity index (χ3v) is 4.50. The Morgan fingerprint density at radius 1 is 1.00 bits per heavy atom. The van der Waals surface area contributed by atoms with Crippen LogP contribution in [0.2, 0.25) is 5.02 Å². The lowest BCUT2D eigenvalue weighted by atomic mass is 10.1. The highest BCUT2D eigenvalue weighted by molar-refractivity contribution is 6.30. The summed E-state index contributed by atoms with van der Waals surface area (Å²) in [6.45, 7) is -0.742. The second-order valence-corrected chi connectivity index (χ2v) is 6.87. The third kappa shape index (κ3) is 6.68. The first-order chi connectivity index (χ1) is 15.1. The third-order valence-electron chi connectivity index (χ3n) is 4.27. The van der Waals surface area contributed by atoms with E-state index >= 15 is 0 Å². The summed E-state index contributed by atoms with van der Waals surface area (Å²) in [5.74, 6) is -0.394. The van der Waals surface area contributed by atoms with E-state index in [1.165, 1.54) is 27.4 Å². The van der Waals surface area contributed by atoms with Crippen molar-refractivity contribution < 1.29 is 41.7 Å². The molecule has 11 heteroatoms. The molecule has 0 heterocycles. The van der Waals surface area contributed by atoms with Gasteiger partial charge in [-0.2, -0.15) is 13.2 Å². The van der Waals surface area contributed by atoms with E-state index < -0.39 is 35.9 Å². The fraction of sp³-hybridized carbons (Fsp3) is 0.333. The Morgan fingerprint density at radius 2 is 1.62 bits per heavy atom. The Labute approximate surface area is 187 Å². The second kappa shape index (κ2) is 10.9. The number of anilines is 1. The van der Waals surface area contributed by atoms with E-state index in [9.17, 15) is 22.8 Å². The van der Waals surface area contributed by atoms with Crippen molar-refractivity contribution in [3.8, 4) is 17.2 Å². The van der Waals surface area contributed by atoms with Gasteiger partial charge in [0.2, 0.25) is 5.75 Å². The molecule has 0 bridgehead atoms. The lowest BCUT2D eigenvalue weighted by molar-refractivity contribution is -0.147. The van der Waals surface area contributed by atoms with Gasteiger partial charge < -0.3 is 24.3 Å². The zero-order valence-corrected chi connectivity index (χ0v) is 18.2. The van der Waals surface area contributed by atoms with Crippen LogP contribution in [0.5, 0.6) is 17.2 Å². The van der Waals surface area contributed by atoms with E-state index in [1.54, 1.807) is 12.1 Å². The van der Waals surface area contributed by atoms with E-state index in [1.807, 2.05) is 0 Å². The van der Waals surface area contributed by atoms with Crippen LogP contribution in [0.15, 0.2) is 30.3 Å². The Kier molecular flexibility index (Phi) is 8.59. The fourth-order valence-electron chi connectivity index (χ4n) is 2.79. The molecule has 0 spiro atoms. The minimum Gasteiger partial charge on any atom is -0.493 e. The summed E-state index contributed by atoms with van der Waals surface area (Å²) in [7, 11) is 4.38. The number of carbonyl (C=O) groups excluding carboxylic acids is 2. The molecule has 2 aromatic rings. The smallest absolute Gasteiger partial charge is 0.418 e. The summed E-state index contributed by atoms with van der Waals surface area (Å²) in [4.78, 5) is 23.9. The lowest BCUT2D eigenvalue weighted by Crippen LogP contribution is -2.22. The van der Waals surface area contributed by atoms with Crippen LogP contribution < -0.4 is 19.5 Å². The molecular weight excluding hydrogens is 455 g/mol. The number of alkyl halides is 3. The van der Waals surface area contributed by atoms with Crippen molar-refractivity contribution in [1.29, 1.82) is 0 Å². The highest BCUT2D eigenvalue weighted by atomic mass is 35.5. The number of ether oxygens (including phenoxy) is 4. The molecule has 0 aliphatic carbocycles. The first kappa shape index (κ1) is 25.1. The van der Waals surface area contributed by atoms with Gasteiger partial charge in [0.05, 0.1) is 32.6 Å². The number of methoxy groups -OCH3 is 3. The van der Waals surface area contributed by atoms with Gasteiger partial charge in [-0.3, -0.25) is 9.59 Å². The van der Waals surface area contributed by atoms with E-state index in [0.29, 0.717) is 28.9 Å². The van der Waals surface area contributed by atoms with Gasteiger partial charge in [0.25, 0.3) is 5.91 Å². The van der Waals surface area contributed by atoms with Gasteiger partial charge in [-0.05, 0) is 42.3 Å².